The van der Waals surface area contributed by atoms with Gasteiger partial charge in [0.05, 0.1) is 7.11 Å². The zero-order chi connectivity index (χ0) is 24.8. The Hall–Kier alpha value is -3.42. The van der Waals surface area contributed by atoms with E-state index in [1.165, 1.54) is 13.2 Å². The molecule has 0 N–H and O–H groups in total. The van der Waals surface area contributed by atoms with E-state index in [1.54, 1.807) is 29.2 Å². The maximum absolute atomic E-state index is 13.4. The largest absolute Gasteiger partial charge is 0.493 e. The van der Waals surface area contributed by atoms with E-state index in [2.05, 4.69) is 4.74 Å². The Morgan fingerprint density at radius 2 is 1.77 bits per heavy atom. The molecule has 186 valence electrons. The molecule has 1 aliphatic carbocycles. The number of benzene rings is 2. The monoisotopic (exact) mass is 484 g/mol. The molecule has 6 nitrogen and oxygen atoms in total. The van der Waals surface area contributed by atoms with E-state index in [1.807, 2.05) is 35.2 Å². The number of hydrogen-bond acceptors (Lipinski definition) is 4. The third kappa shape index (κ3) is 6.59. The van der Waals surface area contributed by atoms with E-state index in [-0.39, 0.29) is 35.3 Å². The molecule has 1 saturated carbocycles. The van der Waals surface area contributed by atoms with Crippen molar-refractivity contribution in [2.45, 2.75) is 44.9 Å². The smallest absolute Gasteiger partial charge is 0.387 e. The summed E-state index contributed by atoms with van der Waals surface area (Å²) < 4.78 is 34.9. The second-order valence-electron chi connectivity index (χ2n) is 8.90. The highest BCUT2D eigenvalue weighted by molar-refractivity contribution is 5.92. The van der Waals surface area contributed by atoms with Crippen molar-refractivity contribution in [1.82, 2.24) is 9.80 Å². The zero-order valence-corrected chi connectivity index (χ0v) is 19.7. The maximum atomic E-state index is 13.4. The summed E-state index contributed by atoms with van der Waals surface area (Å²) in [5, 5.41) is 0. The Balaban J connectivity index is 1.35. The fraction of sp³-hybridized carbons (Fsp3) is 0.407. The molecule has 2 amide bonds. The lowest BCUT2D eigenvalue weighted by Crippen LogP contribution is -2.44. The van der Waals surface area contributed by atoms with Gasteiger partial charge in [0, 0.05) is 37.7 Å². The number of rotatable bonds is 9. The van der Waals surface area contributed by atoms with E-state index in [0.29, 0.717) is 32.5 Å². The standard InChI is InChI=1S/C27H30F2N2O4/c1-34-24-17-20(7-11-23(24)35-27(28)29)18-31(22-9-10-22)26(33)21-13-15-30(16-14-21)25(32)12-8-19-5-3-2-4-6-19/h2-8,11-12,17,21-22,27H,9-10,13-16,18H2,1H3. The predicted octanol–water partition coefficient (Wildman–Crippen LogP) is 4.74. The van der Waals surface area contributed by atoms with Gasteiger partial charge in [-0.1, -0.05) is 36.4 Å². The summed E-state index contributed by atoms with van der Waals surface area (Å²) in [5.41, 5.74) is 1.76. The van der Waals surface area contributed by atoms with Crippen molar-refractivity contribution in [3.63, 3.8) is 0 Å². The quantitative estimate of drug-likeness (QED) is 0.483. The summed E-state index contributed by atoms with van der Waals surface area (Å²) in [7, 11) is 1.39. The summed E-state index contributed by atoms with van der Waals surface area (Å²) in [6.45, 7) is -1.47. The SMILES string of the molecule is COc1cc(CN(C(=O)C2CCN(C(=O)C=Cc3ccccc3)CC2)C2CC2)ccc1OC(F)F. The fourth-order valence-electron chi connectivity index (χ4n) is 4.39. The third-order valence-electron chi connectivity index (χ3n) is 6.44. The van der Waals surface area contributed by atoms with Crippen LogP contribution in [0.3, 0.4) is 0 Å². The highest BCUT2D eigenvalue weighted by Gasteiger charge is 2.37. The molecule has 2 fully saturated rings. The van der Waals surface area contributed by atoms with Gasteiger partial charge < -0.3 is 19.3 Å². The number of alkyl halides is 2. The summed E-state index contributed by atoms with van der Waals surface area (Å²) in [5.74, 6) is 0.0830. The first-order valence-corrected chi connectivity index (χ1v) is 11.9. The lowest BCUT2D eigenvalue weighted by molar-refractivity contribution is -0.140. The van der Waals surface area contributed by atoms with Crippen LogP contribution in [0.1, 0.15) is 36.8 Å². The number of ether oxygens (including phenoxy) is 2. The summed E-state index contributed by atoms with van der Waals surface area (Å²) in [6, 6.07) is 14.6. The normalized spacial score (nSPS) is 16.5. The van der Waals surface area contributed by atoms with E-state index in [9.17, 15) is 18.4 Å². The highest BCUT2D eigenvalue weighted by Crippen LogP contribution is 2.34. The number of nitrogens with zero attached hydrogens (tertiary/aromatic N) is 2. The van der Waals surface area contributed by atoms with Crippen LogP contribution in [0.5, 0.6) is 11.5 Å². The van der Waals surface area contributed by atoms with Crippen molar-refractivity contribution in [3.8, 4) is 11.5 Å². The molecule has 0 aromatic heterocycles. The molecule has 1 heterocycles. The number of amides is 2. The molecule has 1 saturated heterocycles. The van der Waals surface area contributed by atoms with Gasteiger partial charge in [-0.2, -0.15) is 8.78 Å². The highest BCUT2D eigenvalue weighted by atomic mass is 19.3. The molecule has 8 heteroatoms. The number of halogens is 2. The van der Waals surface area contributed by atoms with Crippen LogP contribution < -0.4 is 9.47 Å². The molecule has 2 aliphatic rings. The Bertz CT molecular complexity index is 1050. The van der Waals surface area contributed by atoms with Gasteiger partial charge in [-0.25, -0.2) is 0 Å². The fourth-order valence-corrected chi connectivity index (χ4v) is 4.39. The molecular formula is C27H30F2N2O4. The van der Waals surface area contributed by atoms with Crippen LogP contribution in [0.25, 0.3) is 6.08 Å². The van der Waals surface area contributed by atoms with Gasteiger partial charge in [0.15, 0.2) is 11.5 Å². The molecule has 4 rings (SSSR count). The van der Waals surface area contributed by atoms with E-state index in [0.717, 1.165) is 24.0 Å². The van der Waals surface area contributed by atoms with Crippen molar-refractivity contribution in [2.75, 3.05) is 20.2 Å². The van der Waals surface area contributed by atoms with Crippen LogP contribution in [0.2, 0.25) is 0 Å². The van der Waals surface area contributed by atoms with Gasteiger partial charge in [0.25, 0.3) is 0 Å². The minimum atomic E-state index is -2.94. The van der Waals surface area contributed by atoms with Crippen molar-refractivity contribution in [3.05, 3.63) is 65.7 Å². The number of likely N-dealkylation sites (tertiary alicyclic amines) is 1. The van der Waals surface area contributed by atoms with Gasteiger partial charge >= 0.3 is 6.61 Å². The number of hydrogen-bond donors (Lipinski definition) is 0. The molecular weight excluding hydrogens is 454 g/mol. The van der Waals surface area contributed by atoms with Gasteiger partial charge in [0.2, 0.25) is 11.8 Å². The van der Waals surface area contributed by atoms with Gasteiger partial charge in [-0.05, 0) is 55.0 Å². The summed E-state index contributed by atoms with van der Waals surface area (Å²) >= 11 is 0. The second kappa shape index (κ2) is 11.3. The first-order valence-electron chi connectivity index (χ1n) is 11.9. The molecule has 1 aliphatic heterocycles. The summed E-state index contributed by atoms with van der Waals surface area (Å²) in [4.78, 5) is 29.6. The second-order valence-corrected chi connectivity index (χ2v) is 8.90. The number of carbonyl (C=O) groups excluding carboxylic acids is 2. The minimum Gasteiger partial charge on any atom is -0.493 e. The number of carbonyl (C=O) groups is 2. The van der Waals surface area contributed by atoms with Gasteiger partial charge in [-0.3, -0.25) is 9.59 Å². The number of piperidine rings is 1. The summed E-state index contributed by atoms with van der Waals surface area (Å²) in [6.07, 6.45) is 6.55. The molecule has 2 aromatic carbocycles. The predicted molar refractivity (Wildman–Crippen MR) is 128 cm³/mol. The Morgan fingerprint density at radius 3 is 2.40 bits per heavy atom. The molecule has 0 unspecified atom stereocenters. The van der Waals surface area contributed by atoms with Crippen LogP contribution >= 0.6 is 0 Å². The molecule has 2 aromatic rings. The van der Waals surface area contributed by atoms with E-state index < -0.39 is 6.61 Å². The van der Waals surface area contributed by atoms with Crippen LogP contribution in [-0.2, 0) is 16.1 Å². The van der Waals surface area contributed by atoms with Gasteiger partial charge in [-0.15, -0.1) is 0 Å². The van der Waals surface area contributed by atoms with Crippen molar-refractivity contribution in [2.24, 2.45) is 5.92 Å². The third-order valence-corrected chi connectivity index (χ3v) is 6.44. The average Bonchev–Trinajstić information content (AvgIpc) is 3.72. The Morgan fingerprint density at radius 1 is 1.06 bits per heavy atom. The lowest BCUT2D eigenvalue weighted by atomic mass is 9.94. The molecule has 35 heavy (non-hydrogen) atoms. The van der Waals surface area contributed by atoms with Gasteiger partial charge in [0.1, 0.15) is 0 Å². The molecule has 0 spiro atoms. The zero-order valence-electron chi connectivity index (χ0n) is 19.7. The first kappa shape index (κ1) is 24.7. The van der Waals surface area contributed by atoms with Crippen LogP contribution in [-0.4, -0.2) is 54.5 Å². The van der Waals surface area contributed by atoms with Crippen molar-refractivity contribution in [1.29, 1.82) is 0 Å². The molecule has 0 radical (unpaired) electrons. The topological polar surface area (TPSA) is 59.1 Å². The Labute approximate surface area is 204 Å². The van der Waals surface area contributed by atoms with Crippen molar-refractivity contribution >= 4 is 17.9 Å². The maximum Gasteiger partial charge on any atom is 0.387 e. The van der Waals surface area contributed by atoms with E-state index >= 15 is 0 Å². The molecule has 0 atom stereocenters. The average molecular weight is 485 g/mol. The minimum absolute atomic E-state index is 0.0334. The van der Waals surface area contributed by atoms with Crippen LogP contribution in [0, 0.1) is 5.92 Å². The van der Waals surface area contributed by atoms with E-state index in [4.69, 9.17) is 4.74 Å². The molecule has 0 bridgehead atoms. The Kier molecular flexibility index (Phi) is 8.00. The van der Waals surface area contributed by atoms with Crippen LogP contribution in [0.4, 0.5) is 8.78 Å². The first-order chi connectivity index (χ1) is 16.9. The number of methoxy groups -OCH3 is 1. The van der Waals surface area contributed by atoms with Crippen LogP contribution in [0.15, 0.2) is 54.6 Å². The lowest BCUT2D eigenvalue weighted by Gasteiger charge is -2.34. The van der Waals surface area contributed by atoms with Crippen molar-refractivity contribution < 1.29 is 27.8 Å².